The highest BCUT2D eigenvalue weighted by atomic mass is 16.5. The predicted octanol–water partition coefficient (Wildman–Crippen LogP) is 2.80. The van der Waals surface area contributed by atoms with E-state index < -0.39 is 0 Å². The first-order valence-electron chi connectivity index (χ1n) is 8.52. The smallest absolute Gasteiger partial charge is 0.231 e. The summed E-state index contributed by atoms with van der Waals surface area (Å²) in [5, 5.41) is 0. The van der Waals surface area contributed by atoms with Gasteiger partial charge in [0.05, 0.1) is 12.2 Å². The van der Waals surface area contributed by atoms with E-state index in [1.54, 1.807) is 25.6 Å². The number of hydrogen-bond donors (Lipinski definition) is 0. The van der Waals surface area contributed by atoms with Crippen molar-refractivity contribution < 1.29 is 19.0 Å². The van der Waals surface area contributed by atoms with Crippen molar-refractivity contribution in [2.24, 2.45) is 0 Å². The molecule has 0 radical (unpaired) electrons. The van der Waals surface area contributed by atoms with E-state index in [0.29, 0.717) is 30.4 Å². The van der Waals surface area contributed by atoms with Crippen molar-refractivity contribution in [3.63, 3.8) is 0 Å². The van der Waals surface area contributed by atoms with Crippen molar-refractivity contribution in [2.75, 3.05) is 27.0 Å². The van der Waals surface area contributed by atoms with Gasteiger partial charge in [0, 0.05) is 43.7 Å². The summed E-state index contributed by atoms with van der Waals surface area (Å²) in [4.78, 5) is 18.9. The molecule has 2 aliphatic rings. The largest absolute Gasteiger partial charge is 0.477 e. The summed E-state index contributed by atoms with van der Waals surface area (Å²) < 4.78 is 17.0. The topological polar surface area (TPSA) is 60.9 Å². The molecule has 0 bridgehead atoms. The number of carbonyl (C=O) groups excluding carboxylic acids is 1. The minimum Gasteiger partial charge on any atom is -0.477 e. The number of ether oxygens (including phenoxy) is 3. The van der Waals surface area contributed by atoms with E-state index in [0.717, 1.165) is 35.5 Å². The second-order valence-corrected chi connectivity index (χ2v) is 6.41. The van der Waals surface area contributed by atoms with Gasteiger partial charge in [0.2, 0.25) is 5.78 Å². The van der Waals surface area contributed by atoms with Crippen molar-refractivity contribution in [1.29, 1.82) is 0 Å². The number of methoxy groups -OCH3 is 1. The van der Waals surface area contributed by atoms with Crippen molar-refractivity contribution in [3.8, 4) is 11.5 Å². The van der Waals surface area contributed by atoms with Gasteiger partial charge < -0.3 is 14.2 Å². The van der Waals surface area contributed by atoms with Crippen LogP contribution < -0.4 is 9.47 Å². The van der Waals surface area contributed by atoms with E-state index in [1.165, 1.54) is 0 Å². The van der Waals surface area contributed by atoms with E-state index in [2.05, 4.69) is 9.88 Å². The van der Waals surface area contributed by atoms with Gasteiger partial charge >= 0.3 is 0 Å². The summed E-state index contributed by atoms with van der Waals surface area (Å²) in [6.45, 7) is 4.59. The molecule has 6 nitrogen and oxygen atoms in total. The van der Waals surface area contributed by atoms with Gasteiger partial charge in [0.15, 0.2) is 5.76 Å². The maximum absolute atomic E-state index is 12.8. The van der Waals surface area contributed by atoms with Gasteiger partial charge in [0.1, 0.15) is 18.2 Å². The van der Waals surface area contributed by atoms with Crippen LogP contribution in [0.15, 0.2) is 36.4 Å². The molecule has 0 amide bonds. The molecular weight excluding hydrogens is 332 g/mol. The number of ketones is 1. The van der Waals surface area contributed by atoms with E-state index >= 15 is 0 Å². The fourth-order valence-electron chi connectivity index (χ4n) is 3.27. The highest BCUT2D eigenvalue weighted by molar-refractivity contribution is 6.15. The molecular formula is C20H20N2O4. The summed E-state index contributed by atoms with van der Waals surface area (Å²) in [7, 11) is 1.68. The fraction of sp³-hybridized carbons (Fsp3) is 0.300. The monoisotopic (exact) mass is 352 g/mol. The normalized spacial score (nSPS) is 17.6. The van der Waals surface area contributed by atoms with Crippen LogP contribution in [0.3, 0.4) is 0 Å². The van der Waals surface area contributed by atoms with Crippen LogP contribution >= 0.6 is 0 Å². The molecule has 2 aromatic rings. The third-order valence-electron chi connectivity index (χ3n) is 4.62. The number of fused-ring (bicyclic) bond motifs is 2. The van der Waals surface area contributed by atoms with Crippen LogP contribution in [0, 0.1) is 6.92 Å². The third kappa shape index (κ3) is 2.98. The van der Waals surface area contributed by atoms with Gasteiger partial charge in [0.25, 0.3) is 0 Å². The Hall–Kier alpha value is -2.70. The van der Waals surface area contributed by atoms with Gasteiger partial charge in [-0.1, -0.05) is 0 Å². The summed E-state index contributed by atoms with van der Waals surface area (Å²) in [5.41, 5.74) is 3.35. The average Bonchev–Trinajstić information content (AvgIpc) is 2.97. The Morgan fingerprint density at radius 1 is 1.31 bits per heavy atom. The zero-order valence-electron chi connectivity index (χ0n) is 14.8. The minimum absolute atomic E-state index is 0.100. The molecule has 4 rings (SSSR count). The molecule has 0 unspecified atom stereocenters. The van der Waals surface area contributed by atoms with E-state index in [1.807, 2.05) is 25.1 Å². The lowest BCUT2D eigenvalue weighted by molar-refractivity contribution is 0.0649. The van der Waals surface area contributed by atoms with Gasteiger partial charge in [-0.05, 0) is 36.8 Å². The SMILES string of the molecule is COCCN1COc2c(cc3c(c2C)O/C(=C\c2ccncc2)C3=O)C1. The summed E-state index contributed by atoms with van der Waals surface area (Å²) in [5.74, 6) is 1.64. The van der Waals surface area contributed by atoms with Gasteiger partial charge in [-0.2, -0.15) is 0 Å². The van der Waals surface area contributed by atoms with E-state index in [-0.39, 0.29) is 5.78 Å². The molecule has 134 valence electrons. The number of benzene rings is 1. The number of carbonyl (C=O) groups is 1. The molecule has 0 atom stereocenters. The van der Waals surface area contributed by atoms with Crippen LogP contribution in [0.4, 0.5) is 0 Å². The minimum atomic E-state index is -0.100. The molecule has 1 aromatic heterocycles. The summed E-state index contributed by atoms with van der Waals surface area (Å²) in [6.07, 6.45) is 5.12. The lowest BCUT2D eigenvalue weighted by atomic mass is 10.00. The van der Waals surface area contributed by atoms with E-state index in [4.69, 9.17) is 14.2 Å². The third-order valence-corrected chi connectivity index (χ3v) is 4.62. The second kappa shape index (κ2) is 6.90. The Labute approximate surface area is 152 Å². The maximum Gasteiger partial charge on any atom is 0.231 e. The zero-order chi connectivity index (χ0) is 18.1. The molecule has 2 aliphatic heterocycles. The van der Waals surface area contributed by atoms with Gasteiger partial charge in [-0.3, -0.25) is 14.7 Å². The maximum atomic E-state index is 12.8. The Bertz CT molecular complexity index is 877. The molecule has 3 heterocycles. The molecule has 0 fully saturated rings. The lowest BCUT2D eigenvalue weighted by Gasteiger charge is -2.30. The number of Topliss-reactive ketones (excluding diaryl/α,β-unsaturated/α-hetero) is 1. The molecule has 26 heavy (non-hydrogen) atoms. The Kier molecular flexibility index (Phi) is 4.44. The van der Waals surface area contributed by atoms with Gasteiger partial charge in [-0.25, -0.2) is 0 Å². The van der Waals surface area contributed by atoms with Crippen LogP contribution in [0.5, 0.6) is 11.5 Å². The quantitative estimate of drug-likeness (QED) is 0.789. The Balaban J connectivity index is 1.65. The second-order valence-electron chi connectivity index (χ2n) is 6.41. The van der Waals surface area contributed by atoms with Crippen molar-refractivity contribution in [2.45, 2.75) is 13.5 Å². The average molecular weight is 352 g/mol. The predicted molar refractivity (Wildman–Crippen MR) is 96.1 cm³/mol. The molecule has 0 saturated carbocycles. The summed E-state index contributed by atoms with van der Waals surface area (Å²) in [6, 6.07) is 5.56. The molecule has 1 aromatic carbocycles. The highest BCUT2D eigenvalue weighted by Gasteiger charge is 2.33. The standard InChI is InChI=1S/C20H20N2O4/c1-13-19-15(11-22(12-25-19)7-8-24-2)10-16-18(23)17(26-20(13)16)9-14-3-5-21-6-4-14/h3-6,9-10H,7-8,11-12H2,1-2H3/b17-9-. The van der Waals surface area contributed by atoms with Crippen LogP contribution in [-0.2, 0) is 11.3 Å². The number of hydrogen-bond acceptors (Lipinski definition) is 6. The van der Waals surface area contributed by atoms with Crippen molar-refractivity contribution >= 4 is 11.9 Å². The highest BCUT2D eigenvalue weighted by Crippen LogP contribution is 2.43. The van der Waals surface area contributed by atoms with E-state index in [9.17, 15) is 4.79 Å². The first kappa shape index (κ1) is 16.8. The lowest BCUT2D eigenvalue weighted by Crippen LogP contribution is -2.34. The summed E-state index contributed by atoms with van der Waals surface area (Å²) >= 11 is 0. The first-order chi connectivity index (χ1) is 12.7. The van der Waals surface area contributed by atoms with Crippen molar-refractivity contribution in [1.82, 2.24) is 9.88 Å². The first-order valence-corrected chi connectivity index (χ1v) is 8.52. The van der Waals surface area contributed by atoms with Crippen LogP contribution in [0.25, 0.3) is 6.08 Å². The number of pyridine rings is 1. The molecule has 0 N–H and O–H groups in total. The number of aromatic nitrogens is 1. The molecule has 6 heteroatoms. The van der Waals surface area contributed by atoms with Crippen LogP contribution in [-0.4, -0.2) is 42.7 Å². The molecule has 0 aliphatic carbocycles. The van der Waals surface area contributed by atoms with Crippen LogP contribution in [0.2, 0.25) is 0 Å². The zero-order valence-corrected chi connectivity index (χ0v) is 14.8. The Morgan fingerprint density at radius 3 is 2.88 bits per heavy atom. The molecule has 0 spiro atoms. The number of rotatable bonds is 4. The fourth-order valence-corrected chi connectivity index (χ4v) is 3.27. The molecule has 0 saturated heterocycles. The number of allylic oxidation sites excluding steroid dienone is 1. The number of nitrogens with zero attached hydrogens (tertiary/aromatic N) is 2. The van der Waals surface area contributed by atoms with Crippen molar-refractivity contribution in [3.05, 3.63) is 58.6 Å². The Morgan fingerprint density at radius 2 is 2.12 bits per heavy atom. The van der Waals surface area contributed by atoms with Gasteiger partial charge in [-0.15, -0.1) is 0 Å². The van der Waals surface area contributed by atoms with Crippen LogP contribution in [0.1, 0.15) is 27.0 Å².